The molecule has 2 rings (SSSR count). The lowest BCUT2D eigenvalue weighted by Gasteiger charge is -2.31. The summed E-state index contributed by atoms with van der Waals surface area (Å²) in [4.78, 5) is 30.1. The maximum atomic E-state index is 12.9. The van der Waals surface area contributed by atoms with Crippen molar-refractivity contribution in [2.75, 3.05) is 32.7 Å². The lowest BCUT2D eigenvalue weighted by Crippen LogP contribution is -2.37. The van der Waals surface area contributed by atoms with E-state index in [4.69, 9.17) is 25.2 Å². The van der Waals surface area contributed by atoms with E-state index in [2.05, 4.69) is 4.99 Å². The topological polar surface area (TPSA) is 124 Å². The molecule has 1 aromatic carbocycles. The maximum absolute atomic E-state index is 12.9. The van der Waals surface area contributed by atoms with Crippen LogP contribution in [-0.4, -0.2) is 44.6 Å². The zero-order valence-corrected chi connectivity index (χ0v) is 16.8. The van der Waals surface area contributed by atoms with Gasteiger partial charge >= 0.3 is 11.9 Å². The summed E-state index contributed by atoms with van der Waals surface area (Å²) in [5, 5.41) is 8.69. The first kappa shape index (κ1) is 22.1. The molecule has 2 atom stereocenters. The van der Waals surface area contributed by atoms with Crippen LogP contribution in [0.1, 0.15) is 31.7 Å². The number of nitrogen functional groups attached to an aromatic ring is 1. The fourth-order valence-corrected chi connectivity index (χ4v) is 3.30. The van der Waals surface area contributed by atoms with Crippen LogP contribution in [0.3, 0.4) is 0 Å². The van der Waals surface area contributed by atoms with Crippen molar-refractivity contribution >= 4 is 23.3 Å². The third-order valence-corrected chi connectivity index (χ3v) is 4.55. The van der Waals surface area contributed by atoms with Crippen molar-refractivity contribution < 1.29 is 23.8 Å². The van der Waals surface area contributed by atoms with Gasteiger partial charge in [-0.25, -0.2) is 4.79 Å². The molecule has 8 heteroatoms. The second kappa shape index (κ2) is 10.4. The van der Waals surface area contributed by atoms with Crippen molar-refractivity contribution in [2.45, 2.75) is 26.2 Å². The van der Waals surface area contributed by atoms with Gasteiger partial charge in [0.25, 0.3) is 0 Å². The smallest absolute Gasteiger partial charge is 0.336 e. The van der Waals surface area contributed by atoms with E-state index in [1.54, 1.807) is 38.1 Å². The number of ether oxygens (including phenoxy) is 3. The zero-order valence-electron chi connectivity index (χ0n) is 16.8. The molecule has 29 heavy (non-hydrogen) atoms. The Morgan fingerprint density at radius 2 is 1.97 bits per heavy atom. The molecular formula is C21H25N3O5. The first-order valence-corrected chi connectivity index (χ1v) is 9.21. The minimum atomic E-state index is -0.809. The lowest BCUT2D eigenvalue weighted by atomic mass is 9.75. The van der Waals surface area contributed by atoms with Gasteiger partial charge in [-0.15, -0.1) is 0 Å². The number of carbonyl (C=O) groups excluding carboxylic acids is 2. The summed E-state index contributed by atoms with van der Waals surface area (Å²) in [7, 11) is 1.51. The largest absolute Gasteiger partial charge is 0.463 e. The molecule has 1 heterocycles. The maximum Gasteiger partial charge on any atom is 0.336 e. The van der Waals surface area contributed by atoms with Gasteiger partial charge in [0.15, 0.2) is 0 Å². The Kier molecular flexibility index (Phi) is 7.92. The molecule has 8 nitrogen and oxygen atoms in total. The summed E-state index contributed by atoms with van der Waals surface area (Å²) in [6.45, 7) is 3.73. The highest BCUT2D eigenvalue weighted by Crippen LogP contribution is 2.40. The van der Waals surface area contributed by atoms with E-state index in [0.29, 0.717) is 22.7 Å². The normalized spacial score (nSPS) is 18.6. The van der Waals surface area contributed by atoms with Gasteiger partial charge in [0.05, 0.1) is 24.7 Å². The quantitative estimate of drug-likeness (QED) is 0.404. The van der Waals surface area contributed by atoms with Crippen LogP contribution in [0.15, 0.2) is 40.5 Å². The third kappa shape index (κ3) is 5.42. The Morgan fingerprint density at radius 3 is 2.62 bits per heavy atom. The molecule has 0 amide bonds. The van der Waals surface area contributed by atoms with Gasteiger partial charge < -0.3 is 19.9 Å². The number of nitrogens with zero attached hydrogens (tertiary/aromatic N) is 2. The summed E-state index contributed by atoms with van der Waals surface area (Å²) < 4.78 is 15.5. The number of carbonyl (C=O) groups is 2. The predicted molar refractivity (Wildman–Crippen MR) is 107 cm³/mol. The van der Waals surface area contributed by atoms with Crippen LogP contribution in [0.4, 0.5) is 5.69 Å². The van der Waals surface area contributed by atoms with Gasteiger partial charge in [0.1, 0.15) is 19.1 Å². The number of hydrogen-bond donors (Lipinski definition) is 1. The molecule has 0 bridgehead atoms. The van der Waals surface area contributed by atoms with Crippen LogP contribution < -0.4 is 5.73 Å². The van der Waals surface area contributed by atoms with Crippen molar-refractivity contribution in [1.29, 1.82) is 5.26 Å². The molecule has 1 aliphatic heterocycles. The molecule has 1 aliphatic rings. The first-order chi connectivity index (χ1) is 13.9. The Morgan fingerprint density at radius 1 is 1.21 bits per heavy atom. The van der Waals surface area contributed by atoms with Crippen LogP contribution in [-0.2, 0) is 23.8 Å². The Balaban J connectivity index is 2.47. The van der Waals surface area contributed by atoms with Gasteiger partial charge in [-0.1, -0.05) is 12.1 Å². The highest BCUT2D eigenvalue weighted by atomic mass is 16.6. The molecule has 0 spiro atoms. The molecule has 0 radical (unpaired) electrons. The zero-order chi connectivity index (χ0) is 21.4. The molecule has 154 valence electrons. The summed E-state index contributed by atoms with van der Waals surface area (Å²) in [6.07, 6.45) is 0.0752. The van der Waals surface area contributed by atoms with Crippen LogP contribution in [0.5, 0.6) is 0 Å². The number of anilines is 1. The van der Waals surface area contributed by atoms with E-state index in [1.807, 2.05) is 6.07 Å². The number of allylic oxidation sites excluding steroid dienone is 1. The van der Waals surface area contributed by atoms with E-state index in [9.17, 15) is 9.59 Å². The van der Waals surface area contributed by atoms with E-state index in [-0.39, 0.29) is 31.8 Å². The van der Waals surface area contributed by atoms with Crippen LogP contribution in [0, 0.1) is 17.2 Å². The van der Waals surface area contributed by atoms with Crippen LogP contribution >= 0.6 is 0 Å². The van der Waals surface area contributed by atoms with Crippen molar-refractivity contribution in [2.24, 2.45) is 10.9 Å². The minimum Gasteiger partial charge on any atom is -0.463 e. The number of aliphatic imine (C=N–C) groups is 1. The molecule has 1 aromatic rings. The number of hydrogen-bond acceptors (Lipinski definition) is 8. The average Bonchev–Trinajstić information content (AvgIpc) is 2.67. The van der Waals surface area contributed by atoms with E-state index >= 15 is 0 Å². The molecule has 0 saturated carbocycles. The van der Waals surface area contributed by atoms with Gasteiger partial charge in [0.2, 0.25) is 0 Å². The van der Waals surface area contributed by atoms with Crippen LogP contribution in [0.2, 0.25) is 0 Å². The fraction of sp³-hybridized carbons (Fsp3) is 0.429. The van der Waals surface area contributed by atoms with Gasteiger partial charge in [-0.2, -0.15) is 5.26 Å². The number of nitriles is 1. The van der Waals surface area contributed by atoms with Crippen molar-refractivity contribution in [3.05, 3.63) is 41.1 Å². The number of rotatable bonds is 8. The van der Waals surface area contributed by atoms with Gasteiger partial charge in [-0.05, 0) is 31.5 Å². The number of benzene rings is 1. The van der Waals surface area contributed by atoms with Crippen molar-refractivity contribution in [3.63, 3.8) is 0 Å². The van der Waals surface area contributed by atoms with Crippen molar-refractivity contribution in [3.8, 4) is 6.07 Å². The second-order valence-corrected chi connectivity index (χ2v) is 6.58. The SMILES string of the molecule is COCCOC(=O)C1C(C)=NC(C)=C(C(=O)OCCC#N)C1c1cccc(N)c1. The molecule has 0 saturated heterocycles. The highest BCUT2D eigenvalue weighted by molar-refractivity contribution is 6.07. The molecule has 2 unspecified atom stereocenters. The molecule has 0 aliphatic carbocycles. The van der Waals surface area contributed by atoms with E-state index in [0.717, 1.165) is 0 Å². The average molecular weight is 399 g/mol. The predicted octanol–water partition coefficient (Wildman–Crippen LogP) is 2.36. The van der Waals surface area contributed by atoms with Crippen molar-refractivity contribution in [1.82, 2.24) is 0 Å². The Hall–Kier alpha value is -3.18. The molecule has 0 aromatic heterocycles. The Bertz CT molecular complexity index is 869. The fourth-order valence-electron chi connectivity index (χ4n) is 3.30. The number of methoxy groups -OCH3 is 1. The molecule has 2 N–H and O–H groups in total. The Labute approximate surface area is 170 Å². The monoisotopic (exact) mass is 399 g/mol. The van der Waals surface area contributed by atoms with E-state index in [1.165, 1.54) is 7.11 Å². The lowest BCUT2D eigenvalue weighted by molar-refractivity contribution is -0.148. The summed E-state index contributed by atoms with van der Waals surface area (Å²) in [5.74, 6) is -2.60. The molecular weight excluding hydrogens is 374 g/mol. The minimum absolute atomic E-state index is 0.0403. The van der Waals surface area contributed by atoms with Crippen LogP contribution in [0.25, 0.3) is 0 Å². The first-order valence-electron chi connectivity index (χ1n) is 9.21. The second-order valence-electron chi connectivity index (χ2n) is 6.58. The van der Waals surface area contributed by atoms with Gasteiger partial charge in [-0.3, -0.25) is 9.79 Å². The third-order valence-electron chi connectivity index (χ3n) is 4.55. The van der Waals surface area contributed by atoms with Gasteiger partial charge in [0, 0.05) is 30.1 Å². The number of esters is 2. The standard InChI is InChI=1S/C21H25N3O5/c1-13-17(20(25)28-9-5-8-22)19(15-6-4-7-16(23)12-15)18(14(2)24-13)21(26)29-11-10-27-3/h4,6-7,12,18-19H,5,9-11,23H2,1-3H3. The summed E-state index contributed by atoms with van der Waals surface area (Å²) in [5.41, 5.74) is 8.37. The summed E-state index contributed by atoms with van der Waals surface area (Å²) in [6, 6.07) is 8.92. The molecule has 0 fully saturated rings. The van der Waals surface area contributed by atoms with E-state index < -0.39 is 23.8 Å². The highest BCUT2D eigenvalue weighted by Gasteiger charge is 2.42. The number of nitrogens with two attached hydrogens (primary N) is 1. The summed E-state index contributed by atoms with van der Waals surface area (Å²) >= 11 is 0.